The van der Waals surface area contributed by atoms with Crippen LogP contribution in [-0.4, -0.2) is 146 Å². The second kappa shape index (κ2) is 28.7. The highest BCUT2D eigenvalue weighted by Crippen LogP contribution is 2.23. The molecule has 0 spiro atoms. The highest BCUT2D eigenvalue weighted by molar-refractivity contribution is 6.10. The molecule has 480 valence electrons. The zero-order valence-electron chi connectivity index (χ0n) is 52.4. The van der Waals surface area contributed by atoms with E-state index in [-0.39, 0.29) is 102 Å². The zero-order valence-corrected chi connectivity index (χ0v) is 52.4. The van der Waals surface area contributed by atoms with Gasteiger partial charge in [0.15, 0.2) is 11.6 Å². The minimum atomic E-state index is -0.630. The molecule has 8 heterocycles. The highest BCUT2D eigenvalue weighted by atomic mass is 16.2. The van der Waals surface area contributed by atoms with Gasteiger partial charge in [-0.2, -0.15) is 0 Å². The van der Waals surface area contributed by atoms with Gasteiger partial charge in [0.05, 0.1) is 54.8 Å². The van der Waals surface area contributed by atoms with E-state index in [9.17, 15) is 47.9 Å². The topological polar surface area (TPSA) is 361 Å². The summed E-state index contributed by atoms with van der Waals surface area (Å²) in [5, 5.41) is 27.7. The molecule has 0 aliphatic carbocycles. The van der Waals surface area contributed by atoms with Gasteiger partial charge in [0.1, 0.15) is 34.2 Å². The molecule has 0 aliphatic heterocycles. The van der Waals surface area contributed by atoms with Crippen LogP contribution < -0.4 is 58.1 Å². The first-order chi connectivity index (χ1) is 43.2. The maximum atomic E-state index is 13.5. The molecule has 8 aromatic rings. The van der Waals surface area contributed by atoms with Crippen molar-refractivity contribution >= 4 is 99.0 Å². The number of aromatic nitrogens is 10. The van der Waals surface area contributed by atoms with Crippen molar-refractivity contribution in [2.75, 3.05) is 77.5 Å². The maximum absolute atomic E-state index is 13.5. The second-order valence-electron chi connectivity index (χ2n) is 22.5. The zero-order chi connectivity index (χ0) is 66.0. The smallest absolute Gasteiger partial charge is 0.291 e. The Balaban J connectivity index is 0.748. The van der Waals surface area contributed by atoms with Gasteiger partial charge in [-0.25, -0.2) is 9.97 Å². The molecule has 8 aromatic heterocycles. The van der Waals surface area contributed by atoms with Crippen molar-refractivity contribution in [2.24, 2.45) is 49.3 Å². The summed E-state index contributed by atoms with van der Waals surface area (Å²) < 4.78 is 12.4. The first-order valence-corrected chi connectivity index (χ1v) is 29.1. The van der Waals surface area contributed by atoms with E-state index < -0.39 is 53.2 Å². The number of anilines is 7. The number of nitrogens with zero attached hydrogens (tertiary/aromatic N) is 10. The van der Waals surface area contributed by atoms with Crippen LogP contribution in [0, 0.1) is 0 Å². The maximum Gasteiger partial charge on any atom is 0.291 e. The summed E-state index contributed by atoms with van der Waals surface area (Å²) >= 11 is 0. The van der Waals surface area contributed by atoms with Crippen molar-refractivity contribution in [2.45, 2.75) is 45.6 Å². The fourth-order valence-corrected chi connectivity index (χ4v) is 9.83. The second-order valence-corrected chi connectivity index (χ2v) is 22.5. The molecule has 91 heavy (non-hydrogen) atoms. The Morgan fingerprint density at radius 1 is 0.407 bits per heavy atom. The summed E-state index contributed by atoms with van der Waals surface area (Å²) in [5.74, 6) is -4.25. The molecule has 31 heteroatoms. The quantitative estimate of drug-likeness (QED) is 0.0331. The molecule has 0 atom stereocenters. The Hall–Kier alpha value is -11.2. The lowest BCUT2D eigenvalue weighted by Gasteiger charge is -2.10. The molecule has 0 fully saturated rings. The lowest BCUT2D eigenvalue weighted by Crippen LogP contribution is -3.05. The summed E-state index contributed by atoms with van der Waals surface area (Å²) in [4.78, 5) is 141. The lowest BCUT2D eigenvalue weighted by molar-refractivity contribution is -0.858. The SMILES string of the molecule is CC(C)n1ccnc1C(=O)Nc1cc(C(=O)Nc2cc(C(=O)Nc3cc(C(=O)NCCCC(=O)Nc4cn(C)c(C(=O)Nc5cc(C(=O)Nc6cc(C(=O)Nc7cc(C(=O)NCCC(=O)NCCC[NH+](C)C)n(C)c7)n(C)c6)n(C)c5)n4)n(C)c3)n(C)c2)n(C)c1. The number of rotatable bonds is 27. The van der Waals surface area contributed by atoms with Crippen LogP contribution in [0.3, 0.4) is 0 Å². The number of quaternary nitrogens is 1. The van der Waals surface area contributed by atoms with Gasteiger partial charge in [0, 0.05) is 150 Å². The monoisotopic (exact) mass is 1250 g/mol. The van der Waals surface area contributed by atoms with E-state index >= 15 is 0 Å². The van der Waals surface area contributed by atoms with Crippen molar-refractivity contribution < 1.29 is 52.8 Å². The molecule has 0 unspecified atom stereocenters. The summed E-state index contributed by atoms with van der Waals surface area (Å²) in [6.07, 6.45) is 15.3. The third-order valence-corrected chi connectivity index (χ3v) is 14.4. The number of carbonyl (C=O) groups is 10. The highest BCUT2D eigenvalue weighted by Gasteiger charge is 2.24. The number of imidazole rings is 2. The summed E-state index contributed by atoms with van der Waals surface area (Å²) in [7, 11) is 15.5. The molecule has 11 N–H and O–H groups in total. The standard InChI is InChI=1S/C60H75N21O10/c1-35(2)81-21-19-62-51(81)59(90)69-40-26-46(78(9)32-40)57(88)67-38-24-44(76(7)30-38)55(86)65-36-22-42(74(5)28-36)53(84)63-16-12-14-50(83)71-48-34-80(11)52(72-48)60(91)70-41-27-47(79(10)33-41)58(89)68-39-25-45(77(8)31-39)56(87)66-37-23-43(75(6)29-37)54(85)64-18-15-49(82)61-17-13-20-73(3)4/h19,21-35H,12-18,20H2,1-11H3,(H,61,82)(H,63,84)(H,64,85)(H,65,86)(H,66,87)(H,67,88)(H,68,89)(H,69,90)(H,70,91)(H,71,83)/p+1. The fraction of sp³-hybridized carbons (Fsp3) is 0.333. The Morgan fingerprint density at radius 2 is 0.769 bits per heavy atom. The van der Waals surface area contributed by atoms with Crippen molar-refractivity contribution in [1.82, 2.24) is 62.5 Å². The van der Waals surface area contributed by atoms with Gasteiger partial charge in [-0.3, -0.25) is 47.9 Å². The van der Waals surface area contributed by atoms with Gasteiger partial charge >= 0.3 is 0 Å². The van der Waals surface area contributed by atoms with Crippen LogP contribution in [0.1, 0.15) is 130 Å². The van der Waals surface area contributed by atoms with Crippen molar-refractivity contribution in [1.29, 1.82) is 0 Å². The van der Waals surface area contributed by atoms with E-state index in [1.165, 1.54) is 76.5 Å². The Labute approximate surface area is 522 Å². The van der Waals surface area contributed by atoms with E-state index in [1.807, 2.05) is 27.9 Å². The van der Waals surface area contributed by atoms with Crippen LogP contribution in [0.5, 0.6) is 0 Å². The summed E-state index contributed by atoms with van der Waals surface area (Å²) in [6, 6.07) is 9.01. The van der Waals surface area contributed by atoms with Crippen LogP contribution in [-0.2, 0) is 58.9 Å². The van der Waals surface area contributed by atoms with Crippen molar-refractivity contribution in [3.05, 3.63) is 138 Å². The molecule has 0 aliphatic rings. The van der Waals surface area contributed by atoms with Gasteiger partial charge in [-0.1, -0.05) is 0 Å². The molecule has 0 radical (unpaired) electrons. The van der Waals surface area contributed by atoms with E-state index in [0.717, 1.165) is 13.0 Å². The number of aryl methyl sites for hydroxylation is 7. The van der Waals surface area contributed by atoms with Crippen LogP contribution in [0.25, 0.3) is 0 Å². The molecule has 0 saturated carbocycles. The van der Waals surface area contributed by atoms with Crippen LogP contribution in [0.15, 0.2) is 92.2 Å². The molecule has 8 rings (SSSR count). The Kier molecular flexibility index (Phi) is 20.7. The number of nitrogens with one attached hydrogen (secondary N) is 11. The molecular formula is C60H76N21O10+. The average molecular weight is 1250 g/mol. The Bertz CT molecular complexity index is 4080. The van der Waals surface area contributed by atoms with E-state index in [4.69, 9.17) is 0 Å². The van der Waals surface area contributed by atoms with Gasteiger partial charge in [0.2, 0.25) is 17.6 Å². The molecule has 10 amide bonds. The number of carbonyl (C=O) groups excluding carboxylic acids is 10. The first-order valence-electron chi connectivity index (χ1n) is 29.1. The number of hydrogen-bond acceptors (Lipinski definition) is 12. The molecule has 0 saturated heterocycles. The molecule has 0 bridgehead atoms. The molecule has 31 nitrogen and oxygen atoms in total. The predicted molar refractivity (Wildman–Crippen MR) is 338 cm³/mol. The molecule has 0 aromatic carbocycles. The van der Waals surface area contributed by atoms with E-state index in [1.54, 1.807) is 106 Å². The van der Waals surface area contributed by atoms with Gasteiger partial charge < -0.3 is 94.6 Å². The van der Waals surface area contributed by atoms with Gasteiger partial charge in [0.25, 0.3) is 47.3 Å². The third-order valence-electron chi connectivity index (χ3n) is 14.4. The third kappa shape index (κ3) is 16.7. The normalized spacial score (nSPS) is 11.1. The van der Waals surface area contributed by atoms with Gasteiger partial charge in [-0.15, -0.1) is 0 Å². The van der Waals surface area contributed by atoms with E-state index in [0.29, 0.717) is 35.0 Å². The lowest BCUT2D eigenvalue weighted by atomic mass is 10.3. The van der Waals surface area contributed by atoms with E-state index in [2.05, 4.69) is 63.1 Å². The largest absolute Gasteiger partial charge is 0.356 e. The number of hydrogen-bond donors (Lipinski definition) is 11. The van der Waals surface area contributed by atoms with Crippen LogP contribution in [0.2, 0.25) is 0 Å². The predicted octanol–water partition coefficient (Wildman–Crippen LogP) is 2.66. The van der Waals surface area contributed by atoms with Crippen LogP contribution in [0.4, 0.5) is 39.9 Å². The fourth-order valence-electron chi connectivity index (χ4n) is 9.83. The first kappa shape index (κ1) is 65.7. The van der Waals surface area contributed by atoms with Crippen molar-refractivity contribution in [3.8, 4) is 0 Å². The summed E-state index contributed by atoms with van der Waals surface area (Å²) in [6.45, 7) is 5.62. The minimum Gasteiger partial charge on any atom is -0.356 e. The average Bonchev–Trinajstić information content (AvgIpc) is 1.99. The Morgan fingerprint density at radius 3 is 1.16 bits per heavy atom. The van der Waals surface area contributed by atoms with Gasteiger partial charge in [-0.05, 0) is 56.7 Å². The van der Waals surface area contributed by atoms with Crippen LogP contribution >= 0.6 is 0 Å². The number of amides is 10. The molecular weight excluding hydrogens is 1170 g/mol. The summed E-state index contributed by atoms with van der Waals surface area (Å²) in [5.41, 5.74) is 3.33. The van der Waals surface area contributed by atoms with Crippen molar-refractivity contribution in [3.63, 3.8) is 0 Å². The minimum absolute atomic E-state index is 0.00579.